The highest BCUT2D eigenvalue weighted by molar-refractivity contribution is 7.90. The summed E-state index contributed by atoms with van der Waals surface area (Å²) in [7, 11) is -3.21. The molecule has 0 amide bonds. The van der Waals surface area contributed by atoms with Gasteiger partial charge in [0.2, 0.25) is 0 Å². The number of nitrogens with zero attached hydrogens (tertiary/aromatic N) is 2. The Labute approximate surface area is 125 Å². The van der Waals surface area contributed by atoms with E-state index in [-0.39, 0.29) is 4.90 Å². The summed E-state index contributed by atoms with van der Waals surface area (Å²) in [6.45, 7) is 2.49. The van der Waals surface area contributed by atoms with Crippen molar-refractivity contribution in [3.8, 4) is 0 Å². The molecule has 0 aliphatic rings. The van der Waals surface area contributed by atoms with Crippen LogP contribution in [0.4, 0.5) is 0 Å². The van der Waals surface area contributed by atoms with Crippen molar-refractivity contribution in [2.24, 2.45) is 0 Å². The zero-order chi connectivity index (χ0) is 15.5. The van der Waals surface area contributed by atoms with E-state index in [4.69, 9.17) is 0 Å². The molecule has 1 aromatic carbocycles. The number of aryl methyl sites for hydroxylation is 1. The SMILES string of the molecule is CCCc1nccn1C[C@H](O)c1ccc(S(C)(=O)=O)cc1. The summed E-state index contributed by atoms with van der Waals surface area (Å²) < 4.78 is 24.8. The Balaban J connectivity index is 2.13. The minimum absolute atomic E-state index is 0.257. The molecule has 0 saturated heterocycles. The normalized spacial score (nSPS) is 13.3. The predicted octanol–water partition coefficient (Wildman–Crippen LogP) is 1.97. The van der Waals surface area contributed by atoms with Crippen molar-refractivity contribution < 1.29 is 13.5 Å². The van der Waals surface area contributed by atoms with Gasteiger partial charge in [-0.25, -0.2) is 13.4 Å². The molecule has 1 heterocycles. The van der Waals surface area contributed by atoms with Gasteiger partial charge in [-0.2, -0.15) is 0 Å². The van der Waals surface area contributed by atoms with Gasteiger partial charge in [0.25, 0.3) is 0 Å². The standard InChI is InChI=1S/C15H20N2O3S/c1-3-4-15-16-9-10-17(15)11-14(18)12-5-7-13(8-6-12)21(2,19)20/h5-10,14,18H,3-4,11H2,1-2H3/t14-/m0/s1. The molecule has 21 heavy (non-hydrogen) atoms. The van der Waals surface area contributed by atoms with Crippen LogP contribution in [0, 0.1) is 0 Å². The first kappa shape index (κ1) is 15.7. The van der Waals surface area contributed by atoms with E-state index in [1.165, 1.54) is 18.4 Å². The van der Waals surface area contributed by atoms with E-state index < -0.39 is 15.9 Å². The molecule has 0 aliphatic carbocycles. The first-order chi connectivity index (χ1) is 9.91. The lowest BCUT2D eigenvalue weighted by atomic mass is 10.1. The van der Waals surface area contributed by atoms with Crippen LogP contribution in [0.1, 0.15) is 30.8 Å². The van der Waals surface area contributed by atoms with Crippen LogP contribution in [0.15, 0.2) is 41.6 Å². The fraction of sp³-hybridized carbons (Fsp3) is 0.400. The molecule has 0 fully saturated rings. The summed E-state index contributed by atoms with van der Waals surface area (Å²) in [5, 5.41) is 10.3. The maximum Gasteiger partial charge on any atom is 0.175 e. The number of hydrogen-bond acceptors (Lipinski definition) is 4. The molecule has 1 atom stereocenters. The number of imidazole rings is 1. The summed E-state index contributed by atoms with van der Waals surface area (Å²) in [6.07, 6.45) is 5.91. The molecule has 1 N–H and O–H groups in total. The first-order valence-corrected chi connectivity index (χ1v) is 8.79. The minimum Gasteiger partial charge on any atom is -0.387 e. The van der Waals surface area contributed by atoms with Crippen LogP contribution in [0.5, 0.6) is 0 Å². The average Bonchev–Trinajstić information content (AvgIpc) is 2.86. The van der Waals surface area contributed by atoms with Crippen LogP contribution < -0.4 is 0 Å². The van der Waals surface area contributed by atoms with Gasteiger partial charge in [0.05, 0.1) is 17.5 Å². The number of rotatable bonds is 6. The van der Waals surface area contributed by atoms with Crippen LogP contribution in [0.25, 0.3) is 0 Å². The summed E-state index contributed by atoms with van der Waals surface area (Å²) in [6, 6.07) is 6.35. The minimum atomic E-state index is -3.21. The van der Waals surface area contributed by atoms with Crippen molar-refractivity contribution in [2.75, 3.05) is 6.26 Å². The zero-order valence-corrected chi connectivity index (χ0v) is 13.0. The number of sulfone groups is 1. The number of aromatic nitrogens is 2. The highest BCUT2D eigenvalue weighted by Crippen LogP contribution is 2.19. The Morgan fingerprint density at radius 1 is 1.29 bits per heavy atom. The Hall–Kier alpha value is -1.66. The van der Waals surface area contributed by atoms with Gasteiger partial charge >= 0.3 is 0 Å². The zero-order valence-electron chi connectivity index (χ0n) is 12.2. The van der Waals surface area contributed by atoms with Crippen molar-refractivity contribution in [3.63, 3.8) is 0 Å². The van der Waals surface area contributed by atoms with Crippen LogP contribution in [0.3, 0.4) is 0 Å². The van der Waals surface area contributed by atoms with Gasteiger partial charge in [-0.05, 0) is 24.1 Å². The monoisotopic (exact) mass is 308 g/mol. The van der Waals surface area contributed by atoms with Crippen molar-refractivity contribution in [2.45, 2.75) is 37.3 Å². The quantitative estimate of drug-likeness (QED) is 0.885. The highest BCUT2D eigenvalue weighted by atomic mass is 32.2. The topological polar surface area (TPSA) is 72.2 Å². The third-order valence-electron chi connectivity index (χ3n) is 3.34. The third-order valence-corrected chi connectivity index (χ3v) is 4.47. The molecule has 2 aromatic rings. The van der Waals surface area contributed by atoms with Crippen LogP contribution in [-0.2, 0) is 22.8 Å². The van der Waals surface area contributed by atoms with Crippen molar-refractivity contribution >= 4 is 9.84 Å². The molecule has 0 saturated carbocycles. The maximum atomic E-state index is 11.4. The summed E-state index contributed by atoms with van der Waals surface area (Å²) in [4.78, 5) is 4.53. The van der Waals surface area contributed by atoms with Gasteiger partial charge in [-0.1, -0.05) is 19.1 Å². The predicted molar refractivity (Wildman–Crippen MR) is 80.7 cm³/mol. The van der Waals surface area contributed by atoms with Crippen molar-refractivity contribution in [1.82, 2.24) is 9.55 Å². The van der Waals surface area contributed by atoms with Gasteiger partial charge in [-0.15, -0.1) is 0 Å². The molecule has 0 unspecified atom stereocenters. The van der Waals surface area contributed by atoms with Crippen LogP contribution >= 0.6 is 0 Å². The molecule has 0 spiro atoms. The smallest absolute Gasteiger partial charge is 0.175 e. The van der Waals surface area contributed by atoms with Gasteiger partial charge < -0.3 is 9.67 Å². The van der Waals surface area contributed by atoms with E-state index in [1.54, 1.807) is 18.3 Å². The molecule has 0 bridgehead atoms. The van der Waals surface area contributed by atoms with Gasteiger partial charge in [0.15, 0.2) is 9.84 Å². The summed E-state index contributed by atoms with van der Waals surface area (Å²) >= 11 is 0. The van der Waals surface area contributed by atoms with Gasteiger partial charge in [-0.3, -0.25) is 0 Å². The Morgan fingerprint density at radius 3 is 2.52 bits per heavy atom. The summed E-state index contributed by atoms with van der Waals surface area (Å²) in [5.74, 6) is 0.948. The molecule has 0 aliphatic heterocycles. The van der Waals surface area contributed by atoms with E-state index in [0.29, 0.717) is 12.1 Å². The molecular weight excluding hydrogens is 288 g/mol. The van der Waals surface area contributed by atoms with Gasteiger partial charge in [0.1, 0.15) is 5.82 Å². The largest absolute Gasteiger partial charge is 0.387 e. The maximum absolute atomic E-state index is 11.4. The van der Waals surface area contributed by atoms with E-state index in [0.717, 1.165) is 18.7 Å². The molecule has 5 nitrogen and oxygen atoms in total. The lowest BCUT2D eigenvalue weighted by molar-refractivity contribution is 0.155. The second-order valence-electron chi connectivity index (χ2n) is 5.10. The average molecular weight is 308 g/mol. The van der Waals surface area contributed by atoms with Crippen LogP contribution in [-0.4, -0.2) is 29.3 Å². The first-order valence-electron chi connectivity index (χ1n) is 6.90. The molecule has 2 rings (SSSR count). The molecule has 1 aromatic heterocycles. The number of hydrogen-bond donors (Lipinski definition) is 1. The lowest BCUT2D eigenvalue weighted by Crippen LogP contribution is -2.11. The van der Waals surface area contributed by atoms with Crippen molar-refractivity contribution in [3.05, 3.63) is 48.0 Å². The van der Waals surface area contributed by atoms with E-state index >= 15 is 0 Å². The number of benzene rings is 1. The highest BCUT2D eigenvalue weighted by Gasteiger charge is 2.13. The second-order valence-corrected chi connectivity index (χ2v) is 7.12. The van der Waals surface area contributed by atoms with E-state index in [1.807, 2.05) is 10.8 Å². The Kier molecular flexibility index (Phi) is 4.80. The van der Waals surface area contributed by atoms with E-state index in [9.17, 15) is 13.5 Å². The third kappa shape index (κ3) is 3.92. The molecule has 6 heteroatoms. The fourth-order valence-corrected chi connectivity index (χ4v) is 2.82. The number of aliphatic hydroxyl groups is 1. The molecular formula is C15H20N2O3S. The fourth-order valence-electron chi connectivity index (χ4n) is 2.19. The lowest BCUT2D eigenvalue weighted by Gasteiger charge is -2.14. The van der Waals surface area contributed by atoms with Crippen LogP contribution in [0.2, 0.25) is 0 Å². The van der Waals surface area contributed by atoms with Gasteiger partial charge in [0, 0.05) is 25.1 Å². The Bertz CT molecular complexity index is 690. The summed E-state index contributed by atoms with van der Waals surface area (Å²) in [5.41, 5.74) is 0.693. The second kappa shape index (κ2) is 6.41. The number of aliphatic hydroxyl groups excluding tert-OH is 1. The van der Waals surface area contributed by atoms with E-state index in [2.05, 4.69) is 11.9 Å². The van der Waals surface area contributed by atoms with Crippen molar-refractivity contribution in [1.29, 1.82) is 0 Å². The molecule has 0 radical (unpaired) electrons. The Morgan fingerprint density at radius 2 is 1.95 bits per heavy atom. The molecule has 114 valence electrons.